The Morgan fingerprint density at radius 2 is 0.891 bits per heavy atom. The molecule has 0 saturated heterocycles. The van der Waals surface area contributed by atoms with Crippen molar-refractivity contribution in [3.8, 4) is 39.1 Å². The number of benzene rings is 8. The van der Waals surface area contributed by atoms with Crippen LogP contribution in [-0.2, 0) is 5.41 Å². The Balaban J connectivity index is 0.00000195. The van der Waals surface area contributed by atoms with E-state index in [-0.39, 0.29) is 5.41 Å². The second-order valence-corrected chi connectivity index (χ2v) is 14.6. The highest BCUT2D eigenvalue weighted by molar-refractivity contribution is 6.10. The molecule has 10 rings (SSSR count). The molecule has 0 amide bonds. The minimum Gasteiger partial charge on any atom is -0.310 e. The number of hydrogen-bond donors (Lipinski definition) is 0. The van der Waals surface area contributed by atoms with Crippen molar-refractivity contribution in [2.24, 2.45) is 0 Å². The van der Waals surface area contributed by atoms with Gasteiger partial charge < -0.3 is 9.47 Å². The molecular weight excluding hydrogens is 665 g/mol. The van der Waals surface area contributed by atoms with Gasteiger partial charge in [-0.2, -0.15) is 0 Å². The first kappa shape index (κ1) is 34.1. The Kier molecular flexibility index (Phi) is 8.67. The van der Waals surface area contributed by atoms with Gasteiger partial charge in [-0.3, -0.25) is 0 Å². The SMILES string of the molecule is CC.CC1(C)c2ccccc2-c2ccc(N(c3ccc(-c4ccccc4)cc3)c3ccc(-c4ccc5c(c4)c4ccccc4n5-c4ccccc4)cc3)cc21. The molecule has 9 aromatic rings. The Hall–Kier alpha value is -6.64. The third-order valence-corrected chi connectivity index (χ3v) is 11.2. The molecule has 1 aliphatic carbocycles. The van der Waals surface area contributed by atoms with Gasteiger partial charge in [0, 0.05) is 38.9 Å². The molecule has 0 atom stereocenters. The number of rotatable bonds is 6. The molecule has 8 aromatic carbocycles. The number of hydrogen-bond acceptors (Lipinski definition) is 1. The van der Waals surface area contributed by atoms with E-state index in [1.54, 1.807) is 0 Å². The molecule has 0 radical (unpaired) electrons. The van der Waals surface area contributed by atoms with Crippen molar-refractivity contribution in [2.75, 3.05) is 4.90 Å². The number of fused-ring (bicyclic) bond motifs is 6. The molecule has 0 spiro atoms. The summed E-state index contributed by atoms with van der Waals surface area (Å²) in [6, 6.07) is 70.8. The highest BCUT2D eigenvalue weighted by Gasteiger charge is 2.35. The van der Waals surface area contributed by atoms with Gasteiger partial charge >= 0.3 is 0 Å². The summed E-state index contributed by atoms with van der Waals surface area (Å²) < 4.78 is 2.37. The van der Waals surface area contributed by atoms with E-state index in [1.807, 2.05) is 13.8 Å². The van der Waals surface area contributed by atoms with Crippen LogP contribution in [0, 0.1) is 0 Å². The van der Waals surface area contributed by atoms with Crippen LogP contribution in [0.3, 0.4) is 0 Å². The maximum absolute atomic E-state index is 2.41. The lowest BCUT2D eigenvalue weighted by Crippen LogP contribution is -2.16. The monoisotopic (exact) mass is 708 g/mol. The maximum atomic E-state index is 2.41. The van der Waals surface area contributed by atoms with Crippen molar-refractivity contribution in [3.05, 3.63) is 205 Å². The molecule has 2 nitrogen and oxygen atoms in total. The lowest BCUT2D eigenvalue weighted by atomic mass is 9.82. The van der Waals surface area contributed by atoms with Crippen LogP contribution < -0.4 is 4.90 Å². The van der Waals surface area contributed by atoms with Crippen LogP contribution in [0.15, 0.2) is 194 Å². The summed E-state index contributed by atoms with van der Waals surface area (Å²) >= 11 is 0. The number of para-hydroxylation sites is 2. The van der Waals surface area contributed by atoms with E-state index in [4.69, 9.17) is 0 Å². The van der Waals surface area contributed by atoms with E-state index in [1.165, 1.54) is 72.0 Å². The molecule has 2 heteroatoms. The van der Waals surface area contributed by atoms with E-state index < -0.39 is 0 Å². The number of anilines is 3. The first-order chi connectivity index (χ1) is 27.0. The minimum absolute atomic E-state index is 0.0864. The quantitative estimate of drug-likeness (QED) is 0.167. The largest absolute Gasteiger partial charge is 0.310 e. The van der Waals surface area contributed by atoms with Crippen molar-refractivity contribution in [2.45, 2.75) is 33.1 Å². The molecule has 0 fully saturated rings. The van der Waals surface area contributed by atoms with Crippen molar-refractivity contribution in [1.82, 2.24) is 4.57 Å². The topological polar surface area (TPSA) is 8.17 Å². The Bertz CT molecular complexity index is 2770. The molecule has 0 saturated carbocycles. The molecular formula is C53H44N2. The summed E-state index contributed by atoms with van der Waals surface area (Å²) in [7, 11) is 0. The van der Waals surface area contributed by atoms with E-state index >= 15 is 0 Å². The maximum Gasteiger partial charge on any atom is 0.0541 e. The van der Waals surface area contributed by atoms with Gasteiger partial charge in [0.1, 0.15) is 0 Å². The predicted octanol–water partition coefficient (Wildman–Crippen LogP) is 14.9. The summed E-state index contributed by atoms with van der Waals surface area (Å²) in [5, 5.41) is 2.52. The van der Waals surface area contributed by atoms with Gasteiger partial charge in [-0.05, 0) is 111 Å². The van der Waals surface area contributed by atoms with Gasteiger partial charge in [-0.25, -0.2) is 0 Å². The second-order valence-electron chi connectivity index (χ2n) is 14.6. The van der Waals surface area contributed by atoms with Crippen LogP contribution in [0.25, 0.3) is 60.9 Å². The Morgan fingerprint density at radius 3 is 1.60 bits per heavy atom. The average Bonchev–Trinajstić information content (AvgIpc) is 3.70. The molecule has 0 N–H and O–H groups in total. The molecule has 1 aliphatic rings. The van der Waals surface area contributed by atoms with Crippen molar-refractivity contribution >= 4 is 38.9 Å². The van der Waals surface area contributed by atoms with Crippen LogP contribution in [-0.4, -0.2) is 4.57 Å². The number of aromatic nitrogens is 1. The van der Waals surface area contributed by atoms with Gasteiger partial charge in [0.05, 0.1) is 11.0 Å². The Labute approximate surface area is 324 Å². The van der Waals surface area contributed by atoms with Crippen molar-refractivity contribution < 1.29 is 0 Å². The third kappa shape index (κ3) is 5.82. The molecule has 0 bridgehead atoms. The molecule has 266 valence electrons. The normalized spacial score (nSPS) is 12.5. The van der Waals surface area contributed by atoms with E-state index in [9.17, 15) is 0 Å². The highest BCUT2D eigenvalue weighted by Crippen LogP contribution is 2.50. The summed E-state index contributed by atoms with van der Waals surface area (Å²) in [6.45, 7) is 8.70. The lowest BCUT2D eigenvalue weighted by Gasteiger charge is -2.28. The molecule has 1 aromatic heterocycles. The van der Waals surface area contributed by atoms with Gasteiger partial charge in [0.2, 0.25) is 0 Å². The molecule has 0 unspecified atom stereocenters. The van der Waals surface area contributed by atoms with E-state index in [0.29, 0.717) is 0 Å². The summed E-state index contributed by atoms with van der Waals surface area (Å²) in [5.41, 5.74) is 17.2. The fraction of sp³-hybridized carbons (Fsp3) is 0.0943. The van der Waals surface area contributed by atoms with Crippen LogP contribution in [0.4, 0.5) is 17.1 Å². The second kappa shape index (κ2) is 14.0. The standard InChI is InChI=1S/C51H38N2.C2H6/c1-51(2)47-19-11-9-17-43(47)44-31-30-42(34-48(44)51)52(40-26-21-36(22-27-40)35-13-5-3-6-14-35)41-28-23-37(24-29-41)38-25-32-50-46(33-38)45-18-10-12-20-49(45)53(50)39-15-7-4-8-16-39;1-2/h3-34H,1-2H3;1-2H3. The van der Waals surface area contributed by atoms with Gasteiger partial charge in [-0.15, -0.1) is 0 Å². The zero-order valence-electron chi connectivity index (χ0n) is 31.9. The van der Waals surface area contributed by atoms with Crippen molar-refractivity contribution in [3.63, 3.8) is 0 Å². The van der Waals surface area contributed by atoms with E-state index in [2.05, 4.69) is 217 Å². The first-order valence-electron chi connectivity index (χ1n) is 19.4. The van der Waals surface area contributed by atoms with Crippen molar-refractivity contribution in [1.29, 1.82) is 0 Å². The lowest BCUT2D eigenvalue weighted by molar-refractivity contribution is 0.660. The highest BCUT2D eigenvalue weighted by atomic mass is 15.1. The fourth-order valence-corrected chi connectivity index (χ4v) is 8.52. The zero-order chi connectivity index (χ0) is 37.5. The zero-order valence-corrected chi connectivity index (χ0v) is 31.9. The van der Waals surface area contributed by atoms with Crippen LogP contribution in [0.5, 0.6) is 0 Å². The third-order valence-electron chi connectivity index (χ3n) is 11.2. The average molecular weight is 709 g/mol. The minimum atomic E-state index is -0.0864. The fourth-order valence-electron chi connectivity index (χ4n) is 8.52. The summed E-state index contributed by atoms with van der Waals surface area (Å²) in [5.74, 6) is 0. The molecule has 55 heavy (non-hydrogen) atoms. The summed E-state index contributed by atoms with van der Waals surface area (Å²) in [6.07, 6.45) is 0. The van der Waals surface area contributed by atoms with Gasteiger partial charge in [0.15, 0.2) is 0 Å². The Morgan fingerprint density at radius 1 is 0.382 bits per heavy atom. The van der Waals surface area contributed by atoms with Gasteiger partial charge in [-0.1, -0.05) is 155 Å². The van der Waals surface area contributed by atoms with Crippen LogP contribution >= 0.6 is 0 Å². The van der Waals surface area contributed by atoms with Gasteiger partial charge in [0.25, 0.3) is 0 Å². The van der Waals surface area contributed by atoms with Crippen LogP contribution in [0.1, 0.15) is 38.8 Å². The molecule has 1 heterocycles. The van der Waals surface area contributed by atoms with Crippen LogP contribution in [0.2, 0.25) is 0 Å². The smallest absolute Gasteiger partial charge is 0.0541 e. The summed E-state index contributed by atoms with van der Waals surface area (Å²) in [4.78, 5) is 2.40. The molecule has 0 aliphatic heterocycles. The number of nitrogens with zero attached hydrogens (tertiary/aromatic N) is 2. The first-order valence-corrected chi connectivity index (χ1v) is 19.4. The predicted molar refractivity (Wildman–Crippen MR) is 235 cm³/mol. The van der Waals surface area contributed by atoms with E-state index in [0.717, 1.165) is 17.1 Å².